The van der Waals surface area contributed by atoms with Crippen LogP contribution in [0.15, 0.2) is 60.7 Å². The zero-order valence-electron chi connectivity index (χ0n) is 12.3. The van der Waals surface area contributed by atoms with Crippen molar-refractivity contribution in [3.05, 3.63) is 66.2 Å². The summed E-state index contributed by atoms with van der Waals surface area (Å²) in [5.41, 5.74) is 3.00. The number of hydrogen-bond acceptors (Lipinski definition) is 2. The van der Waals surface area contributed by atoms with Crippen molar-refractivity contribution < 1.29 is 9.84 Å². The molecule has 0 radical (unpaired) electrons. The predicted octanol–water partition coefficient (Wildman–Crippen LogP) is 3.86. The van der Waals surface area contributed by atoms with Crippen molar-refractivity contribution in [3.8, 4) is 28.7 Å². The second kappa shape index (κ2) is 6.34. The van der Waals surface area contributed by atoms with Gasteiger partial charge in [0.05, 0.1) is 7.11 Å². The fourth-order valence-corrected chi connectivity index (χ4v) is 2.58. The third kappa shape index (κ3) is 2.67. The van der Waals surface area contributed by atoms with Gasteiger partial charge in [0.1, 0.15) is 12.4 Å². The van der Waals surface area contributed by atoms with Crippen LogP contribution < -0.4 is 4.74 Å². The maximum Gasteiger partial charge on any atom is 0.119 e. The molecule has 0 spiro atoms. The van der Waals surface area contributed by atoms with Gasteiger partial charge in [-0.25, -0.2) is 0 Å². The zero-order chi connectivity index (χ0) is 15.4. The summed E-state index contributed by atoms with van der Waals surface area (Å²) in [6.45, 7) is -0.152. The molecule has 0 saturated heterocycles. The molecule has 0 atom stereocenters. The Labute approximate surface area is 130 Å². The van der Waals surface area contributed by atoms with E-state index in [2.05, 4.69) is 36.1 Å². The summed E-state index contributed by atoms with van der Waals surface area (Å²) in [6, 6.07) is 20.3. The highest BCUT2D eigenvalue weighted by molar-refractivity contribution is 5.98. The van der Waals surface area contributed by atoms with E-state index in [1.807, 2.05) is 36.4 Å². The average molecular weight is 288 g/mol. The maximum absolute atomic E-state index is 8.96. The van der Waals surface area contributed by atoms with Crippen LogP contribution in [-0.4, -0.2) is 18.8 Å². The highest BCUT2D eigenvalue weighted by Crippen LogP contribution is 2.33. The fraction of sp³-hybridized carbons (Fsp3) is 0.100. The van der Waals surface area contributed by atoms with Crippen molar-refractivity contribution in [2.24, 2.45) is 0 Å². The van der Waals surface area contributed by atoms with E-state index < -0.39 is 0 Å². The van der Waals surface area contributed by atoms with Crippen LogP contribution in [0.2, 0.25) is 0 Å². The Bertz CT molecular complexity index is 864. The number of fused-ring (bicyclic) bond motifs is 1. The number of rotatable bonds is 2. The normalized spacial score (nSPS) is 10.1. The Kier molecular flexibility index (Phi) is 4.09. The van der Waals surface area contributed by atoms with Crippen molar-refractivity contribution in [2.45, 2.75) is 0 Å². The Balaban J connectivity index is 2.28. The van der Waals surface area contributed by atoms with Gasteiger partial charge in [0.25, 0.3) is 0 Å². The molecule has 22 heavy (non-hydrogen) atoms. The molecule has 2 heteroatoms. The maximum atomic E-state index is 8.96. The molecular weight excluding hydrogens is 272 g/mol. The second-order valence-electron chi connectivity index (χ2n) is 4.90. The number of benzene rings is 3. The summed E-state index contributed by atoms with van der Waals surface area (Å²) in [7, 11) is 1.65. The highest BCUT2D eigenvalue weighted by Gasteiger charge is 2.09. The third-order valence-electron chi connectivity index (χ3n) is 3.61. The van der Waals surface area contributed by atoms with Gasteiger partial charge in [-0.05, 0) is 34.5 Å². The van der Waals surface area contributed by atoms with Crippen molar-refractivity contribution in [3.63, 3.8) is 0 Å². The molecule has 2 nitrogen and oxygen atoms in total. The van der Waals surface area contributed by atoms with E-state index >= 15 is 0 Å². The van der Waals surface area contributed by atoms with E-state index in [0.29, 0.717) is 0 Å². The first-order chi connectivity index (χ1) is 10.8. The Morgan fingerprint density at radius 1 is 0.955 bits per heavy atom. The molecule has 3 aromatic rings. The second-order valence-corrected chi connectivity index (χ2v) is 4.90. The summed E-state index contributed by atoms with van der Waals surface area (Å²) < 4.78 is 5.35. The molecule has 1 N–H and O–H groups in total. The van der Waals surface area contributed by atoms with E-state index in [1.165, 1.54) is 10.8 Å². The van der Waals surface area contributed by atoms with Gasteiger partial charge in [-0.1, -0.05) is 54.3 Å². The summed E-state index contributed by atoms with van der Waals surface area (Å²) in [6.07, 6.45) is 0. The lowest BCUT2D eigenvalue weighted by molar-refractivity contribution is 0.350. The van der Waals surface area contributed by atoms with Crippen LogP contribution in [0.1, 0.15) is 5.56 Å². The fourth-order valence-electron chi connectivity index (χ4n) is 2.58. The molecular formula is C20H16O2. The minimum Gasteiger partial charge on any atom is -0.497 e. The molecule has 3 rings (SSSR count). The summed E-state index contributed by atoms with van der Waals surface area (Å²) >= 11 is 0. The first-order valence-corrected chi connectivity index (χ1v) is 7.09. The molecule has 0 bridgehead atoms. The average Bonchev–Trinajstić information content (AvgIpc) is 2.59. The molecule has 0 aliphatic heterocycles. The van der Waals surface area contributed by atoms with Crippen LogP contribution >= 0.6 is 0 Å². The van der Waals surface area contributed by atoms with E-state index in [4.69, 9.17) is 9.84 Å². The van der Waals surface area contributed by atoms with Gasteiger partial charge in [0.2, 0.25) is 0 Å². The van der Waals surface area contributed by atoms with Gasteiger partial charge >= 0.3 is 0 Å². The molecule has 0 saturated carbocycles. The molecule has 0 unspecified atom stereocenters. The SMILES string of the molecule is COc1ccc(C#CCO)c(-c2cccc3ccccc23)c1. The van der Waals surface area contributed by atoms with E-state index in [9.17, 15) is 0 Å². The quantitative estimate of drug-likeness (QED) is 0.726. The van der Waals surface area contributed by atoms with Gasteiger partial charge in [0, 0.05) is 11.1 Å². The molecule has 0 amide bonds. The summed E-state index contributed by atoms with van der Waals surface area (Å²) in [4.78, 5) is 0. The molecule has 0 aromatic heterocycles. The van der Waals surface area contributed by atoms with E-state index in [0.717, 1.165) is 22.4 Å². The molecule has 0 aliphatic rings. The number of methoxy groups -OCH3 is 1. The molecule has 0 aliphatic carbocycles. The first kappa shape index (κ1) is 14.2. The third-order valence-corrected chi connectivity index (χ3v) is 3.61. The Morgan fingerprint density at radius 3 is 2.59 bits per heavy atom. The smallest absolute Gasteiger partial charge is 0.119 e. The topological polar surface area (TPSA) is 29.5 Å². The lowest BCUT2D eigenvalue weighted by Gasteiger charge is -2.11. The molecule has 0 fully saturated rings. The lowest BCUT2D eigenvalue weighted by atomic mass is 9.94. The molecule has 3 aromatic carbocycles. The Hall–Kier alpha value is -2.76. The van der Waals surface area contributed by atoms with Gasteiger partial charge in [-0.3, -0.25) is 0 Å². The van der Waals surface area contributed by atoms with Gasteiger partial charge < -0.3 is 9.84 Å². The standard InChI is InChI=1S/C20H16O2/c1-22-17-12-11-16(8-5-13-21)20(14-17)19-10-4-7-15-6-2-3-9-18(15)19/h2-4,6-7,9-12,14,21H,13H2,1H3. The van der Waals surface area contributed by atoms with E-state index in [-0.39, 0.29) is 6.61 Å². The minimum atomic E-state index is -0.152. The summed E-state index contributed by atoms with van der Waals surface area (Å²) in [5.74, 6) is 6.54. The van der Waals surface area contributed by atoms with E-state index in [1.54, 1.807) is 7.11 Å². The van der Waals surface area contributed by atoms with Gasteiger partial charge in [-0.15, -0.1) is 0 Å². The van der Waals surface area contributed by atoms with Gasteiger partial charge in [-0.2, -0.15) is 0 Å². The largest absolute Gasteiger partial charge is 0.497 e. The van der Waals surface area contributed by atoms with Crippen LogP contribution in [-0.2, 0) is 0 Å². The number of ether oxygens (including phenoxy) is 1. The predicted molar refractivity (Wildman–Crippen MR) is 89.9 cm³/mol. The lowest BCUT2D eigenvalue weighted by Crippen LogP contribution is -1.90. The Morgan fingerprint density at radius 2 is 1.77 bits per heavy atom. The van der Waals surface area contributed by atoms with Crippen LogP contribution in [0.4, 0.5) is 0 Å². The zero-order valence-corrected chi connectivity index (χ0v) is 12.3. The minimum absolute atomic E-state index is 0.152. The highest BCUT2D eigenvalue weighted by atomic mass is 16.5. The van der Waals surface area contributed by atoms with Crippen LogP contribution in [0.3, 0.4) is 0 Å². The first-order valence-electron chi connectivity index (χ1n) is 7.09. The van der Waals surface area contributed by atoms with Crippen molar-refractivity contribution >= 4 is 10.8 Å². The van der Waals surface area contributed by atoms with Crippen LogP contribution in [0.25, 0.3) is 21.9 Å². The van der Waals surface area contributed by atoms with Crippen molar-refractivity contribution in [1.29, 1.82) is 0 Å². The molecule has 108 valence electrons. The van der Waals surface area contributed by atoms with Crippen molar-refractivity contribution in [2.75, 3.05) is 13.7 Å². The van der Waals surface area contributed by atoms with Crippen LogP contribution in [0, 0.1) is 11.8 Å². The number of aliphatic hydroxyl groups excluding tert-OH is 1. The molecule has 0 heterocycles. The number of aliphatic hydroxyl groups is 1. The van der Waals surface area contributed by atoms with Crippen molar-refractivity contribution in [1.82, 2.24) is 0 Å². The summed E-state index contributed by atoms with van der Waals surface area (Å²) in [5, 5.41) is 11.3. The van der Waals surface area contributed by atoms with Crippen LogP contribution in [0.5, 0.6) is 5.75 Å². The van der Waals surface area contributed by atoms with Gasteiger partial charge in [0.15, 0.2) is 0 Å². The number of hydrogen-bond donors (Lipinski definition) is 1. The monoisotopic (exact) mass is 288 g/mol.